The van der Waals surface area contributed by atoms with E-state index in [1.807, 2.05) is 6.92 Å². The summed E-state index contributed by atoms with van der Waals surface area (Å²) >= 11 is 2.38. The molecule has 1 rings (SSSR count). The molecular weight excluding hydrogens is 284 g/mol. The minimum absolute atomic E-state index is 0.0457. The molecule has 0 saturated heterocycles. The Bertz CT molecular complexity index is 460. The zero-order chi connectivity index (χ0) is 14.4. The smallest absolute Gasteiger partial charge is 0.347 e. The van der Waals surface area contributed by atoms with Crippen LogP contribution in [-0.4, -0.2) is 33.8 Å². The zero-order valence-corrected chi connectivity index (χ0v) is 12.9. The number of carboxylic acids is 1. The monoisotopic (exact) mass is 302 g/mol. The summed E-state index contributed by atoms with van der Waals surface area (Å²) in [4.78, 5) is 26.9. The summed E-state index contributed by atoms with van der Waals surface area (Å²) < 4.78 is 0.619. The molecule has 1 unspecified atom stereocenters. The normalized spacial score (nSPS) is 12.2. The first-order chi connectivity index (χ1) is 8.93. The van der Waals surface area contributed by atoms with Gasteiger partial charge in [-0.1, -0.05) is 25.1 Å². The predicted molar refractivity (Wildman–Crippen MR) is 77.0 cm³/mol. The molecule has 1 heterocycles. The minimum Gasteiger partial charge on any atom is -0.477 e. The van der Waals surface area contributed by atoms with Crippen LogP contribution in [0.2, 0.25) is 0 Å². The number of carbonyl (C=O) groups excluding carboxylic acids is 1. The quantitative estimate of drug-likeness (QED) is 0.757. The van der Waals surface area contributed by atoms with E-state index in [2.05, 4.69) is 17.2 Å². The summed E-state index contributed by atoms with van der Waals surface area (Å²) in [7, 11) is 0. The average Bonchev–Trinajstić information content (AvgIpc) is 2.68. The molecule has 0 spiro atoms. The number of thiazole rings is 1. The number of aromatic carboxylic acids is 1. The third kappa shape index (κ3) is 5.20. The van der Waals surface area contributed by atoms with Crippen molar-refractivity contribution >= 4 is 35.0 Å². The lowest BCUT2D eigenvalue weighted by atomic mass is 10.2. The van der Waals surface area contributed by atoms with E-state index in [1.165, 1.54) is 11.8 Å². The standard InChI is InChI=1S/C12H18N2O3S2/c1-4-5-7(2)13-9(15)6-18-12-14-8(3)10(19-12)11(16)17/h7H,4-6H2,1-3H3,(H,13,15)(H,16,17). The van der Waals surface area contributed by atoms with Crippen molar-refractivity contribution in [3.05, 3.63) is 10.6 Å². The Balaban J connectivity index is 2.46. The van der Waals surface area contributed by atoms with Crippen LogP contribution in [0.15, 0.2) is 4.34 Å². The number of nitrogens with one attached hydrogen (secondary N) is 1. The molecule has 1 aromatic heterocycles. The number of hydrogen-bond donors (Lipinski definition) is 2. The topological polar surface area (TPSA) is 79.3 Å². The van der Waals surface area contributed by atoms with Gasteiger partial charge >= 0.3 is 5.97 Å². The highest BCUT2D eigenvalue weighted by molar-refractivity contribution is 8.01. The number of thioether (sulfide) groups is 1. The Kier molecular flexibility index (Phi) is 6.30. The van der Waals surface area contributed by atoms with Crippen molar-refractivity contribution in [3.8, 4) is 0 Å². The van der Waals surface area contributed by atoms with Gasteiger partial charge in [-0.3, -0.25) is 4.79 Å². The van der Waals surface area contributed by atoms with Crippen molar-refractivity contribution in [1.82, 2.24) is 10.3 Å². The highest BCUT2D eigenvalue weighted by Gasteiger charge is 2.15. The van der Waals surface area contributed by atoms with Crippen LogP contribution in [0.4, 0.5) is 0 Å². The molecule has 5 nitrogen and oxygen atoms in total. The molecule has 19 heavy (non-hydrogen) atoms. The predicted octanol–water partition coefficient (Wildman–Crippen LogP) is 2.55. The molecule has 0 aliphatic heterocycles. The number of nitrogens with zero attached hydrogens (tertiary/aromatic N) is 1. The van der Waals surface area contributed by atoms with Gasteiger partial charge in [0, 0.05) is 6.04 Å². The molecule has 106 valence electrons. The SMILES string of the molecule is CCCC(C)NC(=O)CSc1nc(C)c(C(=O)O)s1. The van der Waals surface area contributed by atoms with E-state index in [-0.39, 0.29) is 22.6 Å². The van der Waals surface area contributed by atoms with Crippen LogP contribution in [0.5, 0.6) is 0 Å². The molecule has 0 fully saturated rings. The summed E-state index contributed by atoms with van der Waals surface area (Å²) in [6, 6.07) is 0.172. The molecule has 2 N–H and O–H groups in total. The van der Waals surface area contributed by atoms with Gasteiger partial charge in [-0.05, 0) is 20.3 Å². The maximum atomic E-state index is 11.7. The minimum atomic E-state index is -0.970. The van der Waals surface area contributed by atoms with Crippen LogP contribution >= 0.6 is 23.1 Å². The van der Waals surface area contributed by atoms with Gasteiger partial charge in [-0.2, -0.15) is 0 Å². The Morgan fingerprint density at radius 2 is 2.21 bits per heavy atom. The molecule has 1 amide bonds. The van der Waals surface area contributed by atoms with Crippen molar-refractivity contribution < 1.29 is 14.7 Å². The van der Waals surface area contributed by atoms with Crippen molar-refractivity contribution in [1.29, 1.82) is 0 Å². The molecule has 0 aliphatic rings. The second kappa shape index (κ2) is 7.49. The first-order valence-electron chi connectivity index (χ1n) is 6.07. The fourth-order valence-corrected chi connectivity index (χ4v) is 3.42. The molecule has 0 radical (unpaired) electrons. The molecule has 0 aliphatic carbocycles. The van der Waals surface area contributed by atoms with Crippen molar-refractivity contribution in [3.63, 3.8) is 0 Å². The van der Waals surface area contributed by atoms with Gasteiger partial charge in [0.25, 0.3) is 0 Å². The Labute approximate surface area is 120 Å². The number of hydrogen-bond acceptors (Lipinski definition) is 5. The fraction of sp³-hybridized carbons (Fsp3) is 0.583. The Hall–Kier alpha value is -1.08. The van der Waals surface area contributed by atoms with Gasteiger partial charge in [-0.15, -0.1) is 11.3 Å². The van der Waals surface area contributed by atoms with Crippen molar-refractivity contribution in [2.45, 2.75) is 44.0 Å². The first-order valence-corrected chi connectivity index (χ1v) is 7.87. The van der Waals surface area contributed by atoms with E-state index in [4.69, 9.17) is 5.11 Å². The van der Waals surface area contributed by atoms with Crippen molar-refractivity contribution in [2.24, 2.45) is 0 Å². The summed E-state index contributed by atoms with van der Waals surface area (Å²) in [6.07, 6.45) is 1.98. The number of rotatable bonds is 7. The number of amides is 1. The number of carboxylic acid groups (broad SMARTS) is 1. The summed E-state index contributed by atoms with van der Waals surface area (Å²) in [5.74, 6) is -0.751. The summed E-state index contributed by atoms with van der Waals surface area (Å²) in [6.45, 7) is 5.71. The van der Waals surface area contributed by atoms with E-state index in [1.54, 1.807) is 6.92 Å². The number of aromatic nitrogens is 1. The lowest BCUT2D eigenvalue weighted by molar-refractivity contribution is -0.119. The zero-order valence-electron chi connectivity index (χ0n) is 11.2. The number of aryl methyl sites for hydroxylation is 1. The summed E-state index contributed by atoms with van der Waals surface area (Å²) in [5.41, 5.74) is 0.500. The van der Waals surface area contributed by atoms with E-state index in [0.29, 0.717) is 10.0 Å². The van der Waals surface area contributed by atoms with E-state index in [9.17, 15) is 9.59 Å². The second-order valence-electron chi connectivity index (χ2n) is 4.25. The molecule has 0 bridgehead atoms. The van der Waals surface area contributed by atoms with Gasteiger partial charge in [0.2, 0.25) is 5.91 Å². The van der Waals surface area contributed by atoms with Gasteiger partial charge in [0.05, 0.1) is 11.4 Å². The highest BCUT2D eigenvalue weighted by Crippen LogP contribution is 2.26. The molecular formula is C12H18N2O3S2. The van der Waals surface area contributed by atoms with E-state index >= 15 is 0 Å². The van der Waals surface area contributed by atoms with Gasteiger partial charge in [0.1, 0.15) is 4.88 Å². The third-order valence-corrected chi connectivity index (χ3v) is 4.72. The average molecular weight is 302 g/mol. The van der Waals surface area contributed by atoms with Gasteiger partial charge in [0.15, 0.2) is 4.34 Å². The lowest BCUT2D eigenvalue weighted by Gasteiger charge is -2.11. The fourth-order valence-electron chi connectivity index (χ4n) is 1.58. The second-order valence-corrected chi connectivity index (χ2v) is 6.47. The third-order valence-electron chi connectivity index (χ3n) is 2.43. The van der Waals surface area contributed by atoms with Crippen LogP contribution in [0, 0.1) is 6.92 Å². The van der Waals surface area contributed by atoms with Crippen LogP contribution in [0.25, 0.3) is 0 Å². The van der Waals surface area contributed by atoms with Crippen LogP contribution < -0.4 is 5.32 Å². The molecule has 0 aromatic carbocycles. The lowest BCUT2D eigenvalue weighted by Crippen LogP contribution is -2.33. The summed E-state index contributed by atoms with van der Waals surface area (Å²) in [5, 5.41) is 11.8. The van der Waals surface area contributed by atoms with Crippen molar-refractivity contribution in [2.75, 3.05) is 5.75 Å². The van der Waals surface area contributed by atoms with Crippen LogP contribution in [0.1, 0.15) is 42.1 Å². The highest BCUT2D eigenvalue weighted by atomic mass is 32.2. The molecule has 1 atom stereocenters. The maximum Gasteiger partial charge on any atom is 0.347 e. The molecule has 0 saturated carbocycles. The Morgan fingerprint density at radius 1 is 1.53 bits per heavy atom. The largest absolute Gasteiger partial charge is 0.477 e. The van der Waals surface area contributed by atoms with Gasteiger partial charge < -0.3 is 10.4 Å². The van der Waals surface area contributed by atoms with E-state index in [0.717, 1.165) is 24.2 Å². The molecule has 7 heteroatoms. The molecule has 1 aromatic rings. The number of carbonyl (C=O) groups is 2. The van der Waals surface area contributed by atoms with Crippen LogP contribution in [-0.2, 0) is 4.79 Å². The first kappa shape index (κ1) is 16.0. The maximum absolute atomic E-state index is 11.7. The Morgan fingerprint density at radius 3 is 2.74 bits per heavy atom. The van der Waals surface area contributed by atoms with Gasteiger partial charge in [-0.25, -0.2) is 9.78 Å². The van der Waals surface area contributed by atoms with E-state index < -0.39 is 5.97 Å². The van der Waals surface area contributed by atoms with Crippen LogP contribution in [0.3, 0.4) is 0 Å².